The van der Waals surface area contributed by atoms with Crippen LogP contribution in [0.3, 0.4) is 0 Å². The van der Waals surface area contributed by atoms with Crippen molar-refractivity contribution in [2.45, 2.75) is 38.3 Å². The highest BCUT2D eigenvalue weighted by molar-refractivity contribution is 7.89. The van der Waals surface area contributed by atoms with Gasteiger partial charge in [-0.3, -0.25) is 4.79 Å². The molecule has 0 aromatic heterocycles. The third-order valence-electron chi connectivity index (χ3n) is 3.63. The molecule has 2 unspecified atom stereocenters. The van der Waals surface area contributed by atoms with Crippen LogP contribution in [0.2, 0.25) is 0 Å². The van der Waals surface area contributed by atoms with Crippen molar-refractivity contribution in [2.24, 2.45) is 0 Å². The number of nitrogens with one attached hydrogen (secondary N) is 2. The van der Waals surface area contributed by atoms with E-state index in [1.807, 2.05) is 6.92 Å². The summed E-state index contributed by atoms with van der Waals surface area (Å²) in [7, 11) is -3.18. The van der Waals surface area contributed by atoms with Crippen LogP contribution < -0.4 is 10.6 Å². The highest BCUT2D eigenvalue weighted by atomic mass is 32.2. The number of carbonyl (C=O) groups is 1. The third kappa shape index (κ3) is 3.21. The predicted octanol–water partition coefficient (Wildman–Crippen LogP) is -0.721. The zero-order chi connectivity index (χ0) is 13.2. The van der Waals surface area contributed by atoms with Gasteiger partial charge in [0, 0.05) is 18.6 Å². The van der Waals surface area contributed by atoms with Crippen molar-refractivity contribution in [3.8, 4) is 0 Å². The van der Waals surface area contributed by atoms with E-state index in [2.05, 4.69) is 10.6 Å². The first-order valence-electron chi connectivity index (χ1n) is 6.49. The van der Waals surface area contributed by atoms with E-state index in [-0.39, 0.29) is 30.3 Å². The van der Waals surface area contributed by atoms with Gasteiger partial charge in [0.1, 0.15) is 0 Å². The normalized spacial score (nSPS) is 32.3. The molecule has 2 aliphatic rings. The van der Waals surface area contributed by atoms with Crippen molar-refractivity contribution >= 4 is 15.9 Å². The summed E-state index contributed by atoms with van der Waals surface area (Å²) in [6, 6.07) is 0.356. The van der Waals surface area contributed by atoms with Gasteiger partial charge < -0.3 is 10.6 Å². The molecule has 0 aromatic carbocycles. The Hall–Kier alpha value is -0.660. The van der Waals surface area contributed by atoms with Gasteiger partial charge in [-0.15, -0.1) is 0 Å². The van der Waals surface area contributed by atoms with Gasteiger partial charge in [-0.1, -0.05) is 0 Å². The zero-order valence-corrected chi connectivity index (χ0v) is 11.5. The topological polar surface area (TPSA) is 78.5 Å². The van der Waals surface area contributed by atoms with Crippen LogP contribution in [0.1, 0.15) is 26.2 Å². The number of amides is 1. The largest absolute Gasteiger partial charge is 0.351 e. The van der Waals surface area contributed by atoms with Crippen molar-refractivity contribution in [2.75, 3.05) is 25.4 Å². The van der Waals surface area contributed by atoms with Gasteiger partial charge >= 0.3 is 0 Å². The smallest absolute Gasteiger partial charge is 0.235 e. The zero-order valence-electron chi connectivity index (χ0n) is 10.7. The number of nitrogens with zero attached hydrogens (tertiary/aromatic N) is 1. The van der Waals surface area contributed by atoms with E-state index in [1.165, 1.54) is 4.31 Å². The maximum Gasteiger partial charge on any atom is 0.235 e. The van der Waals surface area contributed by atoms with Gasteiger partial charge in [-0.2, -0.15) is 4.31 Å². The molecule has 0 aliphatic carbocycles. The van der Waals surface area contributed by atoms with E-state index in [0.29, 0.717) is 13.0 Å². The Morgan fingerprint density at radius 2 is 2.22 bits per heavy atom. The molecule has 0 spiro atoms. The molecule has 1 amide bonds. The van der Waals surface area contributed by atoms with Gasteiger partial charge in [0.05, 0.1) is 12.3 Å². The molecule has 18 heavy (non-hydrogen) atoms. The molecule has 6 nitrogen and oxygen atoms in total. The lowest BCUT2D eigenvalue weighted by atomic mass is 10.00. The third-order valence-corrected chi connectivity index (χ3v) is 5.53. The van der Waals surface area contributed by atoms with Gasteiger partial charge in [0.2, 0.25) is 15.9 Å². The summed E-state index contributed by atoms with van der Waals surface area (Å²) in [6.07, 6.45) is 2.61. The van der Waals surface area contributed by atoms with Crippen molar-refractivity contribution < 1.29 is 13.2 Å². The van der Waals surface area contributed by atoms with Crippen molar-refractivity contribution in [1.82, 2.24) is 14.9 Å². The number of hydrogen-bond acceptors (Lipinski definition) is 4. The number of piperidine rings is 1. The number of carbonyl (C=O) groups excluding carboxylic acids is 1. The molecule has 2 aliphatic heterocycles. The molecular weight excluding hydrogens is 254 g/mol. The fourth-order valence-corrected chi connectivity index (χ4v) is 4.00. The van der Waals surface area contributed by atoms with Gasteiger partial charge in [-0.25, -0.2) is 8.42 Å². The van der Waals surface area contributed by atoms with Crippen LogP contribution in [0, 0.1) is 0 Å². The first kappa shape index (κ1) is 13.8. The maximum atomic E-state index is 11.9. The lowest BCUT2D eigenvalue weighted by Crippen LogP contribution is -2.53. The molecule has 0 aromatic rings. The summed E-state index contributed by atoms with van der Waals surface area (Å²) >= 11 is 0. The van der Waals surface area contributed by atoms with Crippen LogP contribution in [0.25, 0.3) is 0 Å². The first-order chi connectivity index (χ1) is 8.49. The molecule has 2 rings (SSSR count). The van der Waals surface area contributed by atoms with Gasteiger partial charge in [0.15, 0.2) is 0 Å². The average molecular weight is 275 g/mol. The predicted molar refractivity (Wildman–Crippen MR) is 68.6 cm³/mol. The summed E-state index contributed by atoms with van der Waals surface area (Å²) in [5.41, 5.74) is 0. The average Bonchev–Trinajstić information content (AvgIpc) is 2.62. The molecule has 2 fully saturated rings. The van der Waals surface area contributed by atoms with E-state index in [4.69, 9.17) is 0 Å². The second-order valence-electron chi connectivity index (χ2n) is 5.06. The molecule has 0 radical (unpaired) electrons. The number of hydrogen-bond donors (Lipinski definition) is 2. The molecule has 0 saturated carbocycles. The lowest BCUT2D eigenvalue weighted by Gasteiger charge is -2.31. The van der Waals surface area contributed by atoms with Crippen LogP contribution in [-0.2, 0) is 14.8 Å². The summed E-state index contributed by atoms with van der Waals surface area (Å²) < 4.78 is 24.5. The minimum atomic E-state index is -3.18. The van der Waals surface area contributed by atoms with E-state index in [9.17, 15) is 13.2 Å². The van der Waals surface area contributed by atoms with Crippen molar-refractivity contribution in [1.29, 1.82) is 0 Å². The second kappa shape index (κ2) is 5.54. The summed E-state index contributed by atoms with van der Waals surface area (Å²) in [6.45, 7) is 3.45. The highest BCUT2D eigenvalue weighted by Gasteiger charge is 2.31. The molecule has 7 heteroatoms. The number of rotatable bonds is 3. The van der Waals surface area contributed by atoms with Crippen molar-refractivity contribution in [3.63, 3.8) is 0 Å². The van der Waals surface area contributed by atoms with Crippen molar-refractivity contribution in [3.05, 3.63) is 0 Å². The lowest BCUT2D eigenvalue weighted by molar-refractivity contribution is -0.122. The Labute approximate surface area is 108 Å². The minimum Gasteiger partial charge on any atom is -0.351 e. The molecule has 2 N–H and O–H groups in total. The van der Waals surface area contributed by atoms with E-state index < -0.39 is 10.0 Å². The monoisotopic (exact) mass is 275 g/mol. The van der Waals surface area contributed by atoms with Crippen LogP contribution >= 0.6 is 0 Å². The molecule has 0 bridgehead atoms. The maximum absolute atomic E-state index is 11.9. The Kier molecular flexibility index (Phi) is 4.24. The molecule has 2 atom stereocenters. The Bertz CT molecular complexity index is 410. The van der Waals surface area contributed by atoms with Gasteiger partial charge in [0.25, 0.3) is 0 Å². The van der Waals surface area contributed by atoms with Crippen LogP contribution in [0.4, 0.5) is 0 Å². The highest BCUT2D eigenvalue weighted by Crippen LogP contribution is 2.13. The Balaban J connectivity index is 1.85. The fourth-order valence-electron chi connectivity index (χ4n) is 2.52. The molecular formula is C11H21N3O3S. The van der Waals surface area contributed by atoms with E-state index >= 15 is 0 Å². The van der Waals surface area contributed by atoms with E-state index in [1.54, 1.807) is 0 Å². The van der Waals surface area contributed by atoms with Crippen LogP contribution in [0.15, 0.2) is 0 Å². The summed E-state index contributed by atoms with van der Waals surface area (Å²) in [5, 5.41) is 6.23. The van der Waals surface area contributed by atoms with Gasteiger partial charge in [-0.05, 0) is 32.7 Å². The Morgan fingerprint density at radius 3 is 2.83 bits per heavy atom. The number of sulfonamides is 1. The van der Waals surface area contributed by atoms with Crippen LogP contribution in [-0.4, -0.2) is 56.1 Å². The first-order valence-corrected chi connectivity index (χ1v) is 8.10. The summed E-state index contributed by atoms with van der Waals surface area (Å²) in [4.78, 5) is 11.9. The summed E-state index contributed by atoms with van der Waals surface area (Å²) in [5.74, 6) is -0.0252. The van der Waals surface area contributed by atoms with E-state index in [0.717, 1.165) is 19.4 Å². The quantitative estimate of drug-likeness (QED) is 0.712. The SMILES string of the molecule is CC1NCCCC1NC(=O)CN1CCCS1(=O)=O. The fraction of sp³-hybridized carbons (Fsp3) is 0.909. The molecule has 2 saturated heterocycles. The molecule has 2 heterocycles. The molecule has 104 valence electrons. The van der Waals surface area contributed by atoms with Crippen LogP contribution in [0.5, 0.6) is 0 Å². The second-order valence-corrected chi connectivity index (χ2v) is 7.15. The standard InChI is InChI=1S/C11H21N3O3S/c1-9-10(4-2-5-12-9)13-11(15)8-14-6-3-7-18(14,16)17/h9-10,12H,2-8H2,1H3,(H,13,15). The minimum absolute atomic E-state index is 0.0362. The Morgan fingerprint density at radius 1 is 1.44 bits per heavy atom.